The van der Waals surface area contributed by atoms with Crippen LogP contribution in [0, 0.1) is 0 Å². The van der Waals surface area contributed by atoms with E-state index in [-0.39, 0.29) is 6.10 Å². The third-order valence-electron chi connectivity index (χ3n) is 1.57. The second-order valence-corrected chi connectivity index (χ2v) is 3.69. The summed E-state index contributed by atoms with van der Waals surface area (Å²) in [6.07, 6.45) is 1.59. The van der Waals surface area contributed by atoms with E-state index in [2.05, 4.69) is 20.9 Å². The summed E-state index contributed by atoms with van der Waals surface area (Å²) >= 11 is 9.09. The highest BCUT2D eigenvalue weighted by Gasteiger charge is 2.09. The molecule has 4 heteroatoms. The van der Waals surface area contributed by atoms with E-state index in [9.17, 15) is 0 Å². The number of pyridine rings is 1. The molecule has 0 fully saturated rings. The molecule has 2 nitrogen and oxygen atoms in total. The molecule has 1 heterocycles. The second kappa shape index (κ2) is 4.21. The molecule has 0 saturated heterocycles. The summed E-state index contributed by atoms with van der Waals surface area (Å²) in [6.45, 7) is 1.93. The smallest absolute Gasteiger partial charge is 0.0974 e. The molecule has 0 bridgehead atoms. The Bertz CT molecular complexity index is 280. The third kappa shape index (κ3) is 2.19. The fourth-order valence-electron chi connectivity index (χ4n) is 0.836. The van der Waals surface area contributed by atoms with Gasteiger partial charge in [0.05, 0.1) is 16.8 Å². The number of ether oxygens (including phenoxy) is 1. The first-order chi connectivity index (χ1) is 5.65. The van der Waals surface area contributed by atoms with Crippen LogP contribution in [0.5, 0.6) is 0 Å². The van der Waals surface area contributed by atoms with Crippen molar-refractivity contribution in [2.75, 3.05) is 7.11 Å². The molecule has 0 saturated carbocycles. The molecule has 1 aromatic rings. The molecule has 0 N–H and O–H groups in total. The molecule has 0 spiro atoms. The van der Waals surface area contributed by atoms with Gasteiger partial charge < -0.3 is 4.74 Å². The van der Waals surface area contributed by atoms with Crippen LogP contribution in [0.3, 0.4) is 0 Å². The molecule has 0 aliphatic rings. The van der Waals surface area contributed by atoms with Crippen molar-refractivity contribution >= 4 is 27.5 Å². The maximum absolute atomic E-state index is 5.73. The van der Waals surface area contributed by atoms with Gasteiger partial charge in [0.15, 0.2) is 0 Å². The van der Waals surface area contributed by atoms with Gasteiger partial charge in [0.1, 0.15) is 0 Å². The molecular weight excluding hydrogens is 241 g/mol. The molecule has 12 heavy (non-hydrogen) atoms. The second-order valence-electron chi connectivity index (χ2n) is 2.40. The molecule has 0 aliphatic carbocycles. The van der Waals surface area contributed by atoms with Crippen LogP contribution in [-0.2, 0) is 4.74 Å². The molecule has 1 aromatic heterocycles. The Morgan fingerprint density at radius 1 is 1.67 bits per heavy atom. The minimum absolute atomic E-state index is 0.0170. The van der Waals surface area contributed by atoms with Gasteiger partial charge in [-0.15, -0.1) is 0 Å². The lowest BCUT2D eigenvalue weighted by molar-refractivity contribution is 0.115. The zero-order chi connectivity index (χ0) is 9.14. The van der Waals surface area contributed by atoms with Crippen LogP contribution >= 0.6 is 27.5 Å². The van der Waals surface area contributed by atoms with Crippen molar-refractivity contribution < 1.29 is 4.74 Å². The number of rotatable bonds is 2. The van der Waals surface area contributed by atoms with Crippen molar-refractivity contribution in [3.63, 3.8) is 0 Å². The zero-order valence-corrected chi connectivity index (χ0v) is 9.19. The average molecular weight is 251 g/mol. The van der Waals surface area contributed by atoms with Gasteiger partial charge in [0, 0.05) is 17.8 Å². The van der Waals surface area contributed by atoms with Crippen LogP contribution < -0.4 is 0 Å². The van der Waals surface area contributed by atoms with Gasteiger partial charge in [-0.25, -0.2) is 0 Å². The number of nitrogens with zero attached hydrogens (tertiary/aromatic N) is 1. The first-order valence-corrected chi connectivity index (χ1v) is 4.66. The van der Waals surface area contributed by atoms with Crippen molar-refractivity contribution in [1.29, 1.82) is 0 Å². The third-order valence-corrected chi connectivity index (χ3v) is 2.42. The minimum Gasteiger partial charge on any atom is -0.375 e. The van der Waals surface area contributed by atoms with Gasteiger partial charge in [-0.2, -0.15) is 0 Å². The van der Waals surface area contributed by atoms with E-state index in [1.165, 1.54) is 0 Å². The van der Waals surface area contributed by atoms with Gasteiger partial charge in [0.25, 0.3) is 0 Å². The van der Waals surface area contributed by atoms with Crippen LogP contribution in [0.1, 0.15) is 18.7 Å². The average Bonchev–Trinajstić information content (AvgIpc) is 2.03. The highest BCUT2D eigenvalue weighted by atomic mass is 79.9. The Balaban J connectivity index is 3.01. The van der Waals surface area contributed by atoms with Crippen molar-refractivity contribution in [1.82, 2.24) is 4.98 Å². The highest BCUT2D eigenvalue weighted by Crippen LogP contribution is 2.25. The quantitative estimate of drug-likeness (QED) is 0.804. The summed E-state index contributed by atoms with van der Waals surface area (Å²) in [5.74, 6) is 0. The molecule has 66 valence electrons. The molecule has 0 amide bonds. The number of aromatic nitrogens is 1. The minimum atomic E-state index is -0.0170. The molecular formula is C8H9BrClNO. The van der Waals surface area contributed by atoms with Crippen LogP contribution in [-0.4, -0.2) is 12.1 Å². The van der Waals surface area contributed by atoms with E-state index in [1.807, 2.05) is 6.92 Å². The molecule has 1 rings (SSSR count). The van der Waals surface area contributed by atoms with Gasteiger partial charge in [-0.05, 0) is 28.9 Å². The zero-order valence-electron chi connectivity index (χ0n) is 6.84. The molecule has 0 unspecified atom stereocenters. The molecule has 1 atom stereocenters. The van der Waals surface area contributed by atoms with E-state index in [0.29, 0.717) is 5.02 Å². The van der Waals surface area contributed by atoms with E-state index >= 15 is 0 Å². The van der Waals surface area contributed by atoms with Crippen LogP contribution in [0.15, 0.2) is 16.7 Å². The summed E-state index contributed by atoms with van der Waals surface area (Å²) < 4.78 is 6.00. The summed E-state index contributed by atoms with van der Waals surface area (Å²) in [5, 5.41) is 0.619. The van der Waals surface area contributed by atoms with Gasteiger partial charge in [0.2, 0.25) is 0 Å². The number of hydrogen-bond acceptors (Lipinski definition) is 2. The summed E-state index contributed by atoms with van der Waals surface area (Å²) in [4.78, 5) is 4.14. The Kier molecular flexibility index (Phi) is 3.50. The topological polar surface area (TPSA) is 22.1 Å². The van der Waals surface area contributed by atoms with Gasteiger partial charge in [-0.1, -0.05) is 11.6 Å². The van der Waals surface area contributed by atoms with E-state index in [1.54, 1.807) is 19.4 Å². The lowest BCUT2D eigenvalue weighted by atomic mass is 10.2. The van der Waals surface area contributed by atoms with Gasteiger partial charge in [-0.3, -0.25) is 4.98 Å². The van der Waals surface area contributed by atoms with E-state index in [4.69, 9.17) is 16.3 Å². The summed E-state index contributed by atoms with van der Waals surface area (Å²) in [7, 11) is 1.65. The van der Waals surface area contributed by atoms with Crippen molar-refractivity contribution in [2.45, 2.75) is 13.0 Å². The van der Waals surface area contributed by atoms with E-state index < -0.39 is 0 Å². The Morgan fingerprint density at radius 3 is 2.83 bits per heavy atom. The molecule has 0 aliphatic heterocycles. The van der Waals surface area contributed by atoms with Crippen LogP contribution in [0.25, 0.3) is 0 Å². The first-order valence-electron chi connectivity index (χ1n) is 3.49. The Morgan fingerprint density at radius 2 is 2.33 bits per heavy atom. The van der Waals surface area contributed by atoms with Crippen molar-refractivity contribution in [3.05, 3.63) is 27.5 Å². The first kappa shape index (κ1) is 9.96. The number of halogens is 2. The fraction of sp³-hybridized carbons (Fsp3) is 0.375. The van der Waals surface area contributed by atoms with Crippen molar-refractivity contribution in [2.24, 2.45) is 0 Å². The standard InChI is InChI=1S/C8H9BrClNO/c1-5(12-2)8-7(9)3-6(10)4-11-8/h3-5H,1-2H3/t5-/m0/s1. The monoisotopic (exact) mass is 249 g/mol. The molecule has 0 aromatic carbocycles. The maximum atomic E-state index is 5.73. The number of hydrogen-bond donors (Lipinski definition) is 0. The predicted octanol–water partition coefficient (Wildman–Crippen LogP) is 3.20. The Hall–Kier alpha value is -0.120. The maximum Gasteiger partial charge on any atom is 0.0974 e. The van der Waals surface area contributed by atoms with Crippen LogP contribution in [0.4, 0.5) is 0 Å². The number of methoxy groups -OCH3 is 1. The molecule has 0 radical (unpaired) electrons. The van der Waals surface area contributed by atoms with Crippen molar-refractivity contribution in [3.8, 4) is 0 Å². The Labute approximate surface area is 85.0 Å². The highest BCUT2D eigenvalue weighted by molar-refractivity contribution is 9.10. The normalized spacial score (nSPS) is 13.0. The fourth-order valence-corrected chi connectivity index (χ4v) is 1.80. The predicted molar refractivity (Wildman–Crippen MR) is 52.4 cm³/mol. The van der Waals surface area contributed by atoms with Crippen LogP contribution in [0.2, 0.25) is 5.02 Å². The van der Waals surface area contributed by atoms with Gasteiger partial charge >= 0.3 is 0 Å². The summed E-state index contributed by atoms with van der Waals surface area (Å²) in [5.41, 5.74) is 0.863. The largest absolute Gasteiger partial charge is 0.375 e. The SMILES string of the molecule is CO[C@@H](C)c1ncc(Cl)cc1Br. The lowest BCUT2D eigenvalue weighted by Crippen LogP contribution is -1.99. The lowest BCUT2D eigenvalue weighted by Gasteiger charge is -2.10. The van der Waals surface area contributed by atoms with E-state index in [0.717, 1.165) is 10.2 Å². The summed E-state index contributed by atoms with van der Waals surface area (Å²) in [6, 6.07) is 1.80.